The molecule has 1 saturated heterocycles. The first-order valence-electron chi connectivity index (χ1n) is 6.52. The van der Waals surface area contributed by atoms with E-state index in [0.29, 0.717) is 28.1 Å². The molecule has 1 aliphatic heterocycles. The largest absolute Gasteiger partial charge is 0.338 e. The molecule has 0 radical (unpaired) electrons. The zero-order valence-electron chi connectivity index (χ0n) is 10.9. The maximum atomic E-state index is 12.4. The van der Waals surface area contributed by atoms with Crippen LogP contribution >= 0.6 is 23.2 Å². The number of nitrogens with two attached hydrogens (primary N) is 1. The van der Waals surface area contributed by atoms with Crippen molar-refractivity contribution >= 4 is 29.1 Å². The number of rotatable bonds is 2. The molecule has 0 spiro atoms. The Balaban J connectivity index is 2.13. The highest BCUT2D eigenvalue weighted by Crippen LogP contribution is 2.25. The minimum absolute atomic E-state index is 0.00363. The van der Waals surface area contributed by atoms with E-state index in [4.69, 9.17) is 28.9 Å². The van der Waals surface area contributed by atoms with Crippen molar-refractivity contribution in [2.75, 3.05) is 13.1 Å². The highest BCUT2D eigenvalue weighted by molar-refractivity contribution is 6.42. The number of piperidine rings is 1. The lowest BCUT2D eigenvalue weighted by molar-refractivity contribution is 0.0649. The Labute approximate surface area is 123 Å². The van der Waals surface area contributed by atoms with Gasteiger partial charge in [-0.05, 0) is 30.5 Å². The van der Waals surface area contributed by atoms with Gasteiger partial charge in [0.1, 0.15) is 0 Å². The molecule has 2 N–H and O–H groups in total. The molecule has 1 aromatic carbocycles. The fourth-order valence-electron chi connectivity index (χ4n) is 2.48. The summed E-state index contributed by atoms with van der Waals surface area (Å²) in [4.78, 5) is 14.3. The van der Waals surface area contributed by atoms with E-state index in [0.717, 1.165) is 19.4 Å². The van der Waals surface area contributed by atoms with Gasteiger partial charge in [0.2, 0.25) is 0 Å². The van der Waals surface area contributed by atoms with Crippen LogP contribution in [0.2, 0.25) is 10.0 Å². The average Bonchev–Trinajstić information content (AvgIpc) is 2.41. The van der Waals surface area contributed by atoms with Crippen LogP contribution in [0.15, 0.2) is 18.2 Å². The molecule has 104 valence electrons. The second kappa shape index (κ2) is 6.12. The second-order valence-electron chi connectivity index (χ2n) is 5.00. The maximum absolute atomic E-state index is 12.4. The first-order chi connectivity index (χ1) is 9.02. The minimum atomic E-state index is 0.00363. The summed E-state index contributed by atoms with van der Waals surface area (Å²) in [6.45, 7) is 3.53. The van der Waals surface area contributed by atoms with Gasteiger partial charge in [0.15, 0.2) is 0 Å². The summed E-state index contributed by atoms with van der Waals surface area (Å²) in [6.07, 6.45) is 1.85. The number of nitrogens with zero attached hydrogens (tertiary/aromatic N) is 1. The van der Waals surface area contributed by atoms with E-state index in [2.05, 4.69) is 6.92 Å². The number of carbonyl (C=O) groups is 1. The zero-order chi connectivity index (χ0) is 14.0. The van der Waals surface area contributed by atoms with Gasteiger partial charge in [0, 0.05) is 24.7 Å². The van der Waals surface area contributed by atoms with Crippen LogP contribution in [0, 0.1) is 5.92 Å². The highest BCUT2D eigenvalue weighted by Gasteiger charge is 2.28. The molecule has 1 aliphatic rings. The number of hydrogen-bond acceptors (Lipinski definition) is 2. The monoisotopic (exact) mass is 300 g/mol. The third kappa shape index (κ3) is 3.22. The van der Waals surface area contributed by atoms with Gasteiger partial charge in [0.25, 0.3) is 5.91 Å². The Morgan fingerprint density at radius 1 is 1.42 bits per heavy atom. The van der Waals surface area contributed by atoms with E-state index in [1.165, 1.54) is 0 Å². The van der Waals surface area contributed by atoms with Crippen LogP contribution in [-0.4, -0.2) is 29.9 Å². The first-order valence-corrected chi connectivity index (χ1v) is 7.28. The smallest absolute Gasteiger partial charge is 0.253 e. The highest BCUT2D eigenvalue weighted by atomic mass is 35.5. The van der Waals surface area contributed by atoms with Gasteiger partial charge in [-0.2, -0.15) is 0 Å². The Bertz CT molecular complexity index is 479. The summed E-state index contributed by atoms with van der Waals surface area (Å²) in [5.41, 5.74) is 6.64. The molecule has 0 aromatic heterocycles. The molecule has 2 rings (SSSR count). The SMILES string of the molecule is CCC1CN(C(=O)c2ccc(Cl)c(Cl)c2)CCC1N. The lowest BCUT2D eigenvalue weighted by Crippen LogP contribution is -2.49. The molecule has 3 nitrogen and oxygen atoms in total. The molecule has 0 bridgehead atoms. The second-order valence-corrected chi connectivity index (χ2v) is 5.82. The molecule has 5 heteroatoms. The molecule has 2 atom stereocenters. The summed E-state index contributed by atoms with van der Waals surface area (Å²) in [7, 11) is 0. The standard InChI is InChI=1S/C14H18Cl2N2O/c1-2-9-8-18(6-5-13(9)17)14(19)10-3-4-11(15)12(16)7-10/h3-4,7,9,13H,2,5-6,8,17H2,1H3. The fourth-order valence-corrected chi connectivity index (χ4v) is 2.78. The maximum Gasteiger partial charge on any atom is 0.253 e. The Hall–Kier alpha value is -0.770. The lowest BCUT2D eigenvalue weighted by atomic mass is 9.90. The van der Waals surface area contributed by atoms with Crippen LogP contribution in [0.4, 0.5) is 0 Å². The molecule has 0 saturated carbocycles. The lowest BCUT2D eigenvalue weighted by Gasteiger charge is -2.36. The van der Waals surface area contributed by atoms with E-state index in [9.17, 15) is 4.79 Å². The molecule has 19 heavy (non-hydrogen) atoms. The molecule has 1 amide bonds. The normalized spacial score (nSPS) is 23.5. The molecule has 0 aliphatic carbocycles. The summed E-state index contributed by atoms with van der Waals surface area (Å²) < 4.78 is 0. The van der Waals surface area contributed by atoms with Crippen LogP contribution < -0.4 is 5.73 Å². The van der Waals surface area contributed by atoms with Gasteiger partial charge in [-0.3, -0.25) is 4.79 Å². The van der Waals surface area contributed by atoms with Crippen molar-refractivity contribution in [1.29, 1.82) is 0 Å². The Morgan fingerprint density at radius 2 is 2.16 bits per heavy atom. The average molecular weight is 301 g/mol. The van der Waals surface area contributed by atoms with Crippen LogP contribution in [0.1, 0.15) is 30.1 Å². The summed E-state index contributed by atoms with van der Waals surface area (Å²) >= 11 is 11.8. The first kappa shape index (κ1) is 14.6. The molecular formula is C14H18Cl2N2O. The van der Waals surface area contributed by atoms with Crippen molar-refractivity contribution < 1.29 is 4.79 Å². The molecule has 1 aromatic rings. The molecular weight excluding hydrogens is 283 g/mol. The van der Waals surface area contributed by atoms with E-state index in [1.807, 2.05) is 4.90 Å². The number of benzene rings is 1. The van der Waals surface area contributed by atoms with Crippen LogP contribution in [0.5, 0.6) is 0 Å². The summed E-state index contributed by atoms with van der Waals surface area (Å²) in [5, 5.41) is 0.874. The zero-order valence-corrected chi connectivity index (χ0v) is 12.4. The predicted molar refractivity (Wildman–Crippen MR) is 78.7 cm³/mol. The van der Waals surface area contributed by atoms with Crippen molar-refractivity contribution in [1.82, 2.24) is 4.90 Å². The predicted octanol–water partition coefficient (Wildman–Crippen LogP) is 3.19. The van der Waals surface area contributed by atoms with E-state index in [1.54, 1.807) is 18.2 Å². The van der Waals surface area contributed by atoms with E-state index < -0.39 is 0 Å². The number of halogens is 2. The summed E-state index contributed by atoms with van der Waals surface area (Å²) in [5.74, 6) is 0.379. The van der Waals surface area contributed by atoms with E-state index in [-0.39, 0.29) is 11.9 Å². The van der Waals surface area contributed by atoms with Gasteiger partial charge >= 0.3 is 0 Å². The molecule has 1 heterocycles. The number of likely N-dealkylation sites (tertiary alicyclic amines) is 1. The van der Waals surface area contributed by atoms with Gasteiger partial charge < -0.3 is 10.6 Å². The fraction of sp³-hybridized carbons (Fsp3) is 0.500. The van der Waals surface area contributed by atoms with Crippen molar-refractivity contribution in [2.24, 2.45) is 11.7 Å². The molecule has 2 unspecified atom stereocenters. The van der Waals surface area contributed by atoms with Crippen molar-refractivity contribution in [3.8, 4) is 0 Å². The number of amides is 1. The number of hydrogen-bond donors (Lipinski definition) is 1. The number of carbonyl (C=O) groups excluding carboxylic acids is 1. The molecule has 1 fully saturated rings. The van der Waals surface area contributed by atoms with Crippen molar-refractivity contribution in [2.45, 2.75) is 25.8 Å². The van der Waals surface area contributed by atoms with Gasteiger partial charge in [-0.25, -0.2) is 0 Å². The van der Waals surface area contributed by atoms with Crippen molar-refractivity contribution in [3.63, 3.8) is 0 Å². The van der Waals surface area contributed by atoms with Crippen LogP contribution in [0.3, 0.4) is 0 Å². The van der Waals surface area contributed by atoms with Gasteiger partial charge in [-0.1, -0.05) is 36.5 Å². The Kier molecular flexibility index (Phi) is 4.71. The van der Waals surface area contributed by atoms with E-state index >= 15 is 0 Å². The minimum Gasteiger partial charge on any atom is -0.338 e. The van der Waals surface area contributed by atoms with Crippen LogP contribution in [0.25, 0.3) is 0 Å². The van der Waals surface area contributed by atoms with Gasteiger partial charge in [0.05, 0.1) is 10.0 Å². The van der Waals surface area contributed by atoms with Crippen molar-refractivity contribution in [3.05, 3.63) is 33.8 Å². The Morgan fingerprint density at radius 3 is 2.79 bits per heavy atom. The summed E-state index contributed by atoms with van der Waals surface area (Å²) in [6, 6.07) is 5.19. The quantitative estimate of drug-likeness (QED) is 0.912. The van der Waals surface area contributed by atoms with Crippen LogP contribution in [-0.2, 0) is 0 Å². The van der Waals surface area contributed by atoms with Gasteiger partial charge in [-0.15, -0.1) is 0 Å². The topological polar surface area (TPSA) is 46.3 Å². The third-order valence-corrected chi connectivity index (χ3v) is 4.51. The third-order valence-electron chi connectivity index (χ3n) is 3.77.